The average molecular weight is 274 g/mol. The molecule has 0 saturated heterocycles. The van der Waals surface area contributed by atoms with Gasteiger partial charge in [-0.05, 0) is 37.4 Å². The van der Waals surface area contributed by atoms with E-state index in [0.717, 1.165) is 37.2 Å². The Morgan fingerprint density at radius 3 is 2.70 bits per heavy atom. The normalized spacial score (nSPS) is 10.7. The Labute approximate surface area is 117 Å². The molecule has 0 aliphatic heterocycles. The van der Waals surface area contributed by atoms with Crippen LogP contribution in [0, 0.1) is 17.0 Å². The number of nitrogens with one attached hydrogen (secondary N) is 2. The van der Waals surface area contributed by atoms with Crippen molar-refractivity contribution in [1.82, 2.24) is 15.5 Å². The monoisotopic (exact) mass is 274 g/mol. The zero-order valence-electron chi connectivity index (χ0n) is 11.4. The topological polar surface area (TPSA) is 83.8 Å². The van der Waals surface area contributed by atoms with Crippen LogP contribution >= 0.6 is 0 Å². The van der Waals surface area contributed by atoms with Gasteiger partial charge in [0.15, 0.2) is 0 Å². The van der Waals surface area contributed by atoms with Crippen LogP contribution < -0.4 is 5.32 Å². The van der Waals surface area contributed by atoms with Crippen LogP contribution in [0.15, 0.2) is 30.5 Å². The maximum atomic E-state index is 10.5. The van der Waals surface area contributed by atoms with Gasteiger partial charge in [0, 0.05) is 24.4 Å². The summed E-state index contributed by atoms with van der Waals surface area (Å²) in [7, 11) is 0. The zero-order valence-corrected chi connectivity index (χ0v) is 11.4. The van der Waals surface area contributed by atoms with Gasteiger partial charge in [0.1, 0.15) is 0 Å². The number of rotatable bonds is 7. The summed E-state index contributed by atoms with van der Waals surface area (Å²) in [5.74, 6) is 0. The van der Waals surface area contributed by atoms with Crippen LogP contribution in [0.4, 0.5) is 5.69 Å². The summed E-state index contributed by atoms with van der Waals surface area (Å²) in [6.07, 6.45) is 3.90. The van der Waals surface area contributed by atoms with Gasteiger partial charge in [-0.3, -0.25) is 15.2 Å². The number of benzene rings is 1. The quantitative estimate of drug-likeness (QED) is 0.461. The molecule has 0 amide bonds. The van der Waals surface area contributed by atoms with E-state index in [9.17, 15) is 10.1 Å². The first-order valence-corrected chi connectivity index (χ1v) is 6.59. The predicted molar refractivity (Wildman–Crippen MR) is 76.4 cm³/mol. The number of nitro benzene ring substituents is 1. The highest BCUT2D eigenvalue weighted by molar-refractivity contribution is 5.32. The second-order valence-electron chi connectivity index (χ2n) is 4.72. The van der Waals surface area contributed by atoms with Gasteiger partial charge < -0.3 is 5.32 Å². The molecule has 6 heteroatoms. The Balaban J connectivity index is 1.68. The molecule has 6 nitrogen and oxygen atoms in total. The van der Waals surface area contributed by atoms with Gasteiger partial charge in [0.05, 0.1) is 11.1 Å². The van der Waals surface area contributed by atoms with Crippen LogP contribution in [0.2, 0.25) is 0 Å². The van der Waals surface area contributed by atoms with Crippen molar-refractivity contribution in [1.29, 1.82) is 0 Å². The molecule has 1 aromatic carbocycles. The highest BCUT2D eigenvalue weighted by Crippen LogP contribution is 2.11. The van der Waals surface area contributed by atoms with E-state index in [0.29, 0.717) is 0 Å². The van der Waals surface area contributed by atoms with Crippen molar-refractivity contribution in [3.05, 3.63) is 57.4 Å². The van der Waals surface area contributed by atoms with Gasteiger partial charge in [-0.15, -0.1) is 0 Å². The molecule has 0 radical (unpaired) electrons. The molecule has 1 heterocycles. The molecular weight excluding hydrogens is 256 g/mol. The van der Waals surface area contributed by atoms with E-state index in [1.165, 1.54) is 17.7 Å². The maximum Gasteiger partial charge on any atom is 0.269 e. The Morgan fingerprint density at radius 2 is 2.10 bits per heavy atom. The van der Waals surface area contributed by atoms with E-state index in [2.05, 4.69) is 15.5 Å². The van der Waals surface area contributed by atoms with Gasteiger partial charge in [0.25, 0.3) is 5.69 Å². The zero-order chi connectivity index (χ0) is 14.4. The van der Waals surface area contributed by atoms with Crippen LogP contribution in [-0.4, -0.2) is 21.7 Å². The van der Waals surface area contributed by atoms with Gasteiger partial charge in [-0.2, -0.15) is 5.10 Å². The van der Waals surface area contributed by atoms with Crippen LogP contribution in [0.25, 0.3) is 0 Å². The second-order valence-corrected chi connectivity index (χ2v) is 4.72. The Bertz CT molecular complexity index is 563. The SMILES string of the molecule is Cc1[nH]ncc1CCCNCc1ccc([N+](=O)[O-])cc1. The van der Waals surface area contributed by atoms with Crippen molar-refractivity contribution in [3.8, 4) is 0 Å². The third-order valence-electron chi connectivity index (χ3n) is 3.21. The highest BCUT2D eigenvalue weighted by atomic mass is 16.6. The third kappa shape index (κ3) is 3.89. The minimum atomic E-state index is -0.384. The Kier molecular flexibility index (Phi) is 4.84. The number of aryl methyl sites for hydroxylation is 2. The molecule has 20 heavy (non-hydrogen) atoms. The summed E-state index contributed by atoms with van der Waals surface area (Å²) in [5.41, 5.74) is 3.56. The largest absolute Gasteiger partial charge is 0.313 e. The van der Waals surface area contributed by atoms with Crippen molar-refractivity contribution in [3.63, 3.8) is 0 Å². The first-order chi connectivity index (χ1) is 9.66. The molecule has 0 spiro atoms. The van der Waals surface area contributed by atoms with Crippen molar-refractivity contribution in [2.45, 2.75) is 26.3 Å². The fourth-order valence-electron chi connectivity index (χ4n) is 2.00. The van der Waals surface area contributed by atoms with Gasteiger partial charge in [-0.1, -0.05) is 12.1 Å². The highest BCUT2D eigenvalue weighted by Gasteiger charge is 2.03. The molecule has 2 N–H and O–H groups in total. The molecule has 1 aromatic heterocycles. The summed E-state index contributed by atoms with van der Waals surface area (Å²) in [6.45, 7) is 3.65. The number of nitrogens with zero attached hydrogens (tertiary/aromatic N) is 2. The number of non-ortho nitro benzene ring substituents is 1. The lowest BCUT2D eigenvalue weighted by Gasteiger charge is -2.04. The van der Waals surface area contributed by atoms with Crippen molar-refractivity contribution in [2.75, 3.05) is 6.54 Å². The van der Waals surface area contributed by atoms with E-state index >= 15 is 0 Å². The van der Waals surface area contributed by atoms with Crippen LogP contribution in [0.3, 0.4) is 0 Å². The molecule has 0 fully saturated rings. The van der Waals surface area contributed by atoms with E-state index < -0.39 is 0 Å². The summed E-state index contributed by atoms with van der Waals surface area (Å²) in [4.78, 5) is 10.1. The van der Waals surface area contributed by atoms with Crippen molar-refractivity contribution < 1.29 is 4.92 Å². The number of hydrogen-bond acceptors (Lipinski definition) is 4. The predicted octanol–water partition coefficient (Wildman–Crippen LogP) is 2.35. The first-order valence-electron chi connectivity index (χ1n) is 6.59. The van der Waals surface area contributed by atoms with Gasteiger partial charge in [0.2, 0.25) is 0 Å². The minimum Gasteiger partial charge on any atom is -0.313 e. The maximum absolute atomic E-state index is 10.5. The molecule has 0 unspecified atom stereocenters. The van der Waals surface area contributed by atoms with E-state index in [1.54, 1.807) is 12.1 Å². The molecule has 2 aromatic rings. The Hall–Kier alpha value is -2.21. The van der Waals surface area contributed by atoms with E-state index in [-0.39, 0.29) is 10.6 Å². The number of aromatic amines is 1. The van der Waals surface area contributed by atoms with Gasteiger partial charge in [-0.25, -0.2) is 0 Å². The molecular formula is C14H18N4O2. The van der Waals surface area contributed by atoms with Crippen molar-refractivity contribution in [2.24, 2.45) is 0 Å². The number of hydrogen-bond donors (Lipinski definition) is 2. The lowest BCUT2D eigenvalue weighted by molar-refractivity contribution is -0.384. The van der Waals surface area contributed by atoms with Crippen molar-refractivity contribution >= 4 is 5.69 Å². The third-order valence-corrected chi connectivity index (χ3v) is 3.21. The molecule has 2 rings (SSSR count). The second kappa shape index (κ2) is 6.81. The summed E-state index contributed by atoms with van der Waals surface area (Å²) in [6, 6.07) is 6.63. The molecule has 106 valence electrons. The molecule has 0 aliphatic rings. The lowest BCUT2D eigenvalue weighted by Crippen LogP contribution is -2.15. The molecule has 0 aliphatic carbocycles. The van der Waals surface area contributed by atoms with E-state index in [4.69, 9.17) is 0 Å². The first kappa shape index (κ1) is 14.2. The number of nitro groups is 1. The lowest BCUT2D eigenvalue weighted by atomic mass is 10.1. The van der Waals surface area contributed by atoms with Gasteiger partial charge >= 0.3 is 0 Å². The molecule has 0 saturated carbocycles. The van der Waals surface area contributed by atoms with Crippen LogP contribution in [0.5, 0.6) is 0 Å². The average Bonchev–Trinajstić information content (AvgIpc) is 2.84. The molecule has 0 bridgehead atoms. The standard InChI is InChI=1S/C14H18N4O2/c1-11-13(10-16-17-11)3-2-8-15-9-12-4-6-14(7-5-12)18(19)20/h4-7,10,15H,2-3,8-9H2,1H3,(H,16,17). The number of H-pyrrole nitrogens is 1. The smallest absolute Gasteiger partial charge is 0.269 e. The minimum absolute atomic E-state index is 0.129. The number of aromatic nitrogens is 2. The fourth-order valence-corrected chi connectivity index (χ4v) is 2.00. The molecule has 0 atom stereocenters. The fraction of sp³-hybridized carbons (Fsp3) is 0.357. The Morgan fingerprint density at radius 1 is 1.35 bits per heavy atom. The van der Waals surface area contributed by atoms with Crippen LogP contribution in [-0.2, 0) is 13.0 Å². The summed E-state index contributed by atoms with van der Waals surface area (Å²) in [5, 5.41) is 20.8. The summed E-state index contributed by atoms with van der Waals surface area (Å²) >= 11 is 0. The summed E-state index contributed by atoms with van der Waals surface area (Å²) < 4.78 is 0. The van der Waals surface area contributed by atoms with E-state index in [1.807, 2.05) is 13.1 Å². The van der Waals surface area contributed by atoms with Crippen LogP contribution in [0.1, 0.15) is 23.2 Å².